The molecule has 3 aromatic rings. The van der Waals surface area contributed by atoms with Crippen LogP contribution in [-0.4, -0.2) is 9.55 Å². The van der Waals surface area contributed by atoms with E-state index in [0.717, 1.165) is 11.2 Å². The number of hydrogen-bond donors (Lipinski definition) is 0. The topological polar surface area (TPSA) is 17.8 Å². The maximum Gasteiger partial charge on any atom is 0.144 e. The summed E-state index contributed by atoms with van der Waals surface area (Å²) in [7, 11) is 0. The fourth-order valence-corrected chi connectivity index (χ4v) is 2.84. The van der Waals surface area contributed by atoms with Crippen LogP contribution < -0.4 is 0 Å². The highest BCUT2D eigenvalue weighted by Gasteiger charge is 2.14. The summed E-state index contributed by atoms with van der Waals surface area (Å²) in [6.45, 7) is 0. The molecule has 18 heavy (non-hydrogen) atoms. The highest BCUT2D eigenvalue weighted by atomic mass is 35.5. The molecule has 2 heterocycles. The lowest BCUT2D eigenvalue weighted by molar-refractivity contribution is 0.630. The minimum absolute atomic E-state index is 0.0833. The summed E-state index contributed by atoms with van der Waals surface area (Å²) in [4.78, 5) is 4.33. The largest absolute Gasteiger partial charge is 0.294 e. The number of aromatic nitrogens is 2. The summed E-state index contributed by atoms with van der Waals surface area (Å²) >= 11 is 13.3. The van der Waals surface area contributed by atoms with Crippen molar-refractivity contribution in [3.63, 3.8) is 0 Å². The van der Waals surface area contributed by atoms with Crippen molar-refractivity contribution in [2.75, 3.05) is 0 Å². The third-order valence-electron chi connectivity index (χ3n) is 2.65. The van der Waals surface area contributed by atoms with Crippen molar-refractivity contribution in [3.05, 3.63) is 45.6 Å². The number of nitrogens with zero attached hydrogens (tertiary/aromatic N) is 2. The van der Waals surface area contributed by atoms with Gasteiger partial charge in [0.15, 0.2) is 0 Å². The van der Waals surface area contributed by atoms with Crippen LogP contribution in [0.25, 0.3) is 16.7 Å². The average Bonchev–Trinajstić information content (AvgIpc) is 2.96. The lowest BCUT2D eigenvalue weighted by atomic mass is 10.3. The molecule has 0 saturated heterocycles. The molecule has 3 rings (SSSR count). The van der Waals surface area contributed by atoms with Gasteiger partial charge < -0.3 is 0 Å². The van der Waals surface area contributed by atoms with Crippen LogP contribution in [0.5, 0.6) is 0 Å². The van der Waals surface area contributed by atoms with Crippen LogP contribution in [0, 0.1) is 5.82 Å². The van der Waals surface area contributed by atoms with E-state index >= 15 is 0 Å². The molecule has 2 nitrogen and oxygen atoms in total. The molecule has 0 saturated carbocycles. The number of alkyl halides is 1. The second-order valence-corrected chi connectivity index (χ2v) is 5.19. The van der Waals surface area contributed by atoms with Gasteiger partial charge in [0.25, 0.3) is 0 Å². The maximum atomic E-state index is 13.4. The van der Waals surface area contributed by atoms with Gasteiger partial charge in [0.05, 0.1) is 27.6 Å². The standard InChI is InChI=1S/C12H7Cl2FN2S/c13-5-12-16-10-4-9(15)8(14)3-11(10)17(12)7-1-2-18-6-7/h1-4,6H,5H2. The predicted octanol–water partition coefficient (Wildman–Crippen LogP) is 4.62. The van der Waals surface area contributed by atoms with Crippen LogP contribution in [0.2, 0.25) is 5.02 Å². The first kappa shape index (κ1) is 12.0. The number of halogens is 3. The summed E-state index contributed by atoms with van der Waals surface area (Å²) in [5.74, 6) is 0.455. The van der Waals surface area contributed by atoms with E-state index in [0.29, 0.717) is 11.3 Å². The van der Waals surface area contributed by atoms with Gasteiger partial charge in [-0.2, -0.15) is 11.3 Å². The molecule has 0 amide bonds. The maximum absolute atomic E-state index is 13.4. The number of hydrogen-bond acceptors (Lipinski definition) is 2. The summed E-state index contributed by atoms with van der Waals surface area (Å²) in [5, 5.41) is 4.03. The van der Waals surface area contributed by atoms with Gasteiger partial charge in [0.2, 0.25) is 0 Å². The summed E-state index contributed by atoms with van der Waals surface area (Å²) in [6, 6.07) is 4.86. The van der Waals surface area contributed by atoms with E-state index in [4.69, 9.17) is 23.2 Å². The fourth-order valence-electron chi connectivity index (χ4n) is 1.88. The molecular weight excluding hydrogens is 294 g/mol. The molecule has 0 radical (unpaired) electrons. The van der Waals surface area contributed by atoms with Crippen LogP contribution >= 0.6 is 34.5 Å². The van der Waals surface area contributed by atoms with Crippen molar-refractivity contribution >= 4 is 45.6 Å². The summed E-state index contributed by atoms with van der Waals surface area (Å²) in [6.07, 6.45) is 0. The zero-order chi connectivity index (χ0) is 12.7. The van der Waals surface area contributed by atoms with Crippen LogP contribution in [-0.2, 0) is 5.88 Å². The lowest BCUT2D eigenvalue weighted by Crippen LogP contribution is -1.97. The number of thiophene rings is 1. The molecule has 92 valence electrons. The highest BCUT2D eigenvalue weighted by Crippen LogP contribution is 2.28. The Bertz CT molecular complexity index is 707. The molecule has 0 aliphatic rings. The Kier molecular flexibility index (Phi) is 3.01. The third-order valence-corrected chi connectivity index (χ3v) is 3.85. The van der Waals surface area contributed by atoms with Gasteiger partial charge in [0.1, 0.15) is 11.6 Å². The Labute approximate surface area is 117 Å². The zero-order valence-electron chi connectivity index (χ0n) is 9.03. The van der Waals surface area contributed by atoms with Crippen molar-refractivity contribution in [3.8, 4) is 5.69 Å². The van der Waals surface area contributed by atoms with E-state index < -0.39 is 5.82 Å². The molecule has 0 spiro atoms. The zero-order valence-corrected chi connectivity index (χ0v) is 11.4. The van der Waals surface area contributed by atoms with Gasteiger partial charge in [-0.05, 0) is 17.5 Å². The lowest BCUT2D eigenvalue weighted by Gasteiger charge is -2.04. The van der Waals surface area contributed by atoms with Crippen molar-refractivity contribution in [1.29, 1.82) is 0 Å². The monoisotopic (exact) mass is 300 g/mol. The van der Waals surface area contributed by atoms with E-state index in [1.807, 2.05) is 21.4 Å². The van der Waals surface area contributed by atoms with Crippen LogP contribution in [0.3, 0.4) is 0 Å². The SMILES string of the molecule is Fc1cc2nc(CCl)n(-c3ccsc3)c2cc1Cl. The van der Waals surface area contributed by atoms with Gasteiger partial charge in [-0.25, -0.2) is 9.37 Å². The first-order valence-electron chi connectivity index (χ1n) is 5.15. The minimum Gasteiger partial charge on any atom is -0.294 e. The van der Waals surface area contributed by atoms with E-state index in [1.165, 1.54) is 6.07 Å². The quantitative estimate of drug-likeness (QED) is 0.632. The number of benzene rings is 1. The third kappa shape index (κ3) is 1.81. The molecule has 0 aliphatic carbocycles. The van der Waals surface area contributed by atoms with E-state index in [1.54, 1.807) is 17.4 Å². The molecule has 6 heteroatoms. The molecule has 0 atom stereocenters. The summed E-state index contributed by atoms with van der Waals surface area (Å²) < 4.78 is 15.3. The van der Waals surface area contributed by atoms with Crippen molar-refractivity contribution in [2.24, 2.45) is 0 Å². The summed E-state index contributed by atoms with van der Waals surface area (Å²) in [5.41, 5.74) is 2.27. The van der Waals surface area contributed by atoms with E-state index in [9.17, 15) is 4.39 Å². The smallest absolute Gasteiger partial charge is 0.144 e. The molecule has 0 N–H and O–H groups in total. The molecule has 0 unspecified atom stereocenters. The normalized spacial score (nSPS) is 11.3. The average molecular weight is 301 g/mol. The first-order chi connectivity index (χ1) is 8.70. The molecule has 1 aromatic carbocycles. The molecule has 2 aromatic heterocycles. The minimum atomic E-state index is -0.472. The number of imidazole rings is 1. The van der Waals surface area contributed by atoms with Crippen LogP contribution in [0.15, 0.2) is 29.0 Å². The molecule has 0 fully saturated rings. The van der Waals surface area contributed by atoms with Crippen molar-refractivity contribution in [1.82, 2.24) is 9.55 Å². The Balaban J connectivity index is 2.37. The Morgan fingerprint density at radius 2 is 2.22 bits per heavy atom. The number of fused-ring (bicyclic) bond motifs is 1. The molecule has 0 aliphatic heterocycles. The highest BCUT2D eigenvalue weighted by molar-refractivity contribution is 7.08. The Morgan fingerprint density at radius 3 is 2.89 bits per heavy atom. The van der Waals surface area contributed by atoms with E-state index in [2.05, 4.69) is 4.98 Å². The second-order valence-electron chi connectivity index (χ2n) is 3.73. The Hall–Kier alpha value is -1.10. The van der Waals surface area contributed by atoms with Gasteiger partial charge in [0, 0.05) is 11.4 Å². The van der Waals surface area contributed by atoms with Crippen LogP contribution in [0.1, 0.15) is 5.82 Å². The second kappa shape index (κ2) is 4.53. The van der Waals surface area contributed by atoms with Gasteiger partial charge in [-0.15, -0.1) is 11.6 Å². The molecular formula is C12H7Cl2FN2S. The first-order valence-corrected chi connectivity index (χ1v) is 7.01. The number of rotatable bonds is 2. The van der Waals surface area contributed by atoms with Gasteiger partial charge in [-0.1, -0.05) is 11.6 Å². The Morgan fingerprint density at radius 1 is 1.39 bits per heavy atom. The van der Waals surface area contributed by atoms with Crippen molar-refractivity contribution < 1.29 is 4.39 Å². The van der Waals surface area contributed by atoms with Crippen LogP contribution in [0.4, 0.5) is 4.39 Å². The van der Waals surface area contributed by atoms with E-state index in [-0.39, 0.29) is 10.9 Å². The predicted molar refractivity (Wildman–Crippen MR) is 73.5 cm³/mol. The van der Waals surface area contributed by atoms with Gasteiger partial charge in [-0.3, -0.25) is 4.57 Å². The fraction of sp³-hybridized carbons (Fsp3) is 0.0833. The van der Waals surface area contributed by atoms with Gasteiger partial charge >= 0.3 is 0 Å². The molecule has 0 bridgehead atoms. The van der Waals surface area contributed by atoms with Crippen molar-refractivity contribution in [2.45, 2.75) is 5.88 Å².